The van der Waals surface area contributed by atoms with Gasteiger partial charge < -0.3 is 8.83 Å². The topological polar surface area (TPSA) is 26.3 Å². The summed E-state index contributed by atoms with van der Waals surface area (Å²) in [5.41, 5.74) is 10.9. The molecule has 0 radical (unpaired) electrons. The highest BCUT2D eigenvalue weighted by Gasteiger charge is 2.23. The molecule has 2 aromatic heterocycles. The summed E-state index contributed by atoms with van der Waals surface area (Å²) in [6.45, 7) is 0. The summed E-state index contributed by atoms with van der Waals surface area (Å²) in [7, 11) is 0. The Morgan fingerprint density at radius 1 is 0.360 bits per heavy atom. The molecule has 2 heterocycles. The first-order chi connectivity index (χ1) is 24.8. The number of hydrogen-bond donors (Lipinski definition) is 0. The summed E-state index contributed by atoms with van der Waals surface area (Å²) in [4.78, 5) is 0. The molecule has 0 fully saturated rings. The predicted octanol–water partition coefficient (Wildman–Crippen LogP) is 12.1. The van der Waals surface area contributed by atoms with Gasteiger partial charge in [0.1, 0.15) is 22.3 Å². The van der Waals surface area contributed by atoms with Gasteiger partial charge in [-0.05, 0) is 86.0 Å². The van der Waals surface area contributed by atoms with Crippen LogP contribution in [0.4, 0.5) is 0 Å². The van der Waals surface area contributed by atoms with E-state index in [4.69, 9.17) is 8.83 Å². The van der Waals surface area contributed by atoms with Crippen LogP contribution in [0.3, 0.4) is 0 Å². The highest BCUT2D eigenvalue weighted by Crippen LogP contribution is 2.45. The molecule has 0 N–H and O–H groups in total. The standard InChI is InChI=1S/C48H30O2/c1-2-12-29(13-3-1)30-22-24-31(25-23-30)44-33-15-4-6-17-35(33)45(36-18-7-5-16-34(36)44)41-28-40-37(46-39-19-9-11-21-43(39)50-48(41)46)26-27-38-32-14-8-10-20-42(32)49-47(38)40/h1-4,6,8-28H,5,7H2. The van der Waals surface area contributed by atoms with Gasteiger partial charge in [0.2, 0.25) is 0 Å². The number of rotatable bonds is 3. The molecule has 0 aliphatic heterocycles. The molecule has 0 saturated heterocycles. The molecule has 234 valence electrons. The minimum atomic E-state index is 0.893. The van der Waals surface area contributed by atoms with Crippen molar-refractivity contribution in [2.75, 3.05) is 0 Å². The maximum absolute atomic E-state index is 6.87. The Kier molecular flexibility index (Phi) is 5.82. The van der Waals surface area contributed by atoms with Gasteiger partial charge in [0.25, 0.3) is 0 Å². The van der Waals surface area contributed by atoms with Crippen molar-refractivity contribution in [3.63, 3.8) is 0 Å². The Labute approximate surface area is 287 Å². The van der Waals surface area contributed by atoms with Gasteiger partial charge in [-0.2, -0.15) is 0 Å². The number of hydrogen-bond acceptors (Lipinski definition) is 2. The molecular weight excluding hydrogens is 609 g/mol. The van der Waals surface area contributed by atoms with Crippen molar-refractivity contribution in [3.05, 3.63) is 156 Å². The Bertz CT molecular complexity index is 3120. The van der Waals surface area contributed by atoms with Crippen LogP contribution in [0.5, 0.6) is 0 Å². The third kappa shape index (κ3) is 3.90. The predicted molar refractivity (Wildman–Crippen MR) is 210 cm³/mol. The Morgan fingerprint density at radius 3 is 1.66 bits per heavy atom. The monoisotopic (exact) mass is 638 g/mol. The van der Waals surface area contributed by atoms with Gasteiger partial charge in [0.15, 0.2) is 0 Å². The molecule has 0 spiro atoms. The lowest BCUT2D eigenvalue weighted by molar-refractivity contribution is 0.670. The van der Waals surface area contributed by atoms with Crippen LogP contribution in [-0.4, -0.2) is 0 Å². The van der Waals surface area contributed by atoms with E-state index in [1.807, 2.05) is 6.07 Å². The lowest BCUT2D eigenvalue weighted by Gasteiger charge is -2.18. The van der Waals surface area contributed by atoms with Crippen molar-refractivity contribution in [2.24, 2.45) is 0 Å². The maximum Gasteiger partial charge on any atom is 0.143 e. The van der Waals surface area contributed by atoms with E-state index in [-0.39, 0.29) is 0 Å². The van der Waals surface area contributed by atoms with Crippen molar-refractivity contribution < 1.29 is 8.83 Å². The first-order valence-electron chi connectivity index (χ1n) is 17.4. The summed E-state index contributed by atoms with van der Waals surface area (Å²) in [5, 5.41) is 11.8. The zero-order valence-electron chi connectivity index (χ0n) is 27.2. The fourth-order valence-electron chi connectivity index (χ4n) is 8.49. The molecule has 1 aliphatic carbocycles. The smallest absolute Gasteiger partial charge is 0.143 e. The highest BCUT2D eigenvalue weighted by atomic mass is 16.3. The Hall–Kier alpha value is -6.38. The van der Waals surface area contributed by atoms with E-state index in [0.29, 0.717) is 0 Å². The van der Waals surface area contributed by atoms with Gasteiger partial charge >= 0.3 is 0 Å². The SMILES string of the molecule is C1=c2c(-c3ccc(-c4ccccc4)cc3)c3ccccc3c(-c3cc4c(ccc5c6ccccc6oc54)c4c3oc3ccccc34)c2=CCC1. The molecule has 2 heteroatoms. The van der Waals surface area contributed by atoms with Crippen LogP contribution in [0.25, 0.3) is 111 Å². The number of fused-ring (bicyclic) bond motifs is 11. The molecule has 0 amide bonds. The maximum atomic E-state index is 6.87. The molecule has 0 atom stereocenters. The van der Waals surface area contributed by atoms with Crippen LogP contribution in [0.2, 0.25) is 0 Å². The van der Waals surface area contributed by atoms with Crippen molar-refractivity contribution in [1.29, 1.82) is 0 Å². The molecule has 0 unspecified atom stereocenters. The first kappa shape index (κ1) is 27.6. The third-order valence-corrected chi connectivity index (χ3v) is 10.7. The van der Waals surface area contributed by atoms with E-state index in [2.05, 4.69) is 152 Å². The molecule has 50 heavy (non-hydrogen) atoms. The number of para-hydroxylation sites is 2. The van der Waals surface area contributed by atoms with Crippen LogP contribution in [-0.2, 0) is 0 Å². The minimum Gasteiger partial charge on any atom is -0.455 e. The van der Waals surface area contributed by atoms with Crippen LogP contribution in [0.15, 0.2) is 154 Å². The molecule has 10 aromatic rings. The van der Waals surface area contributed by atoms with E-state index in [9.17, 15) is 0 Å². The molecule has 2 nitrogen and oxygen atoms in total. The average molecular weight is 639 g/mol. The zero-order chi connectivity index (χ0) is 32.8. The van der Waals surface area contributed by atoms with Gasteiger partial charge in [0, 0.05) is 38.1 Å². The summed E-state index contributed by atoms with van der Waals surface area (Å²) in [6, 6.07) is 52.2. The van der Waals surface area contributed by atoms with Crippen LogP contribution < -0.4 is 10.4 Å². The van der Waals surface area contributed by atoms with Crippen molar-refractivity contribution in [1.82, 2.24) is 0 Å². The van der Waals surface area contributed by atoms with E-state index >= 15 is 0 Å². The van der Waals surface area contributed by atoms with Gasteiger partial charge in [-0.1, -0.05) is 133 Å². The number of furan rings is 2. The van der Waals surface area contributed by atoms with Crippen LogP contribution in [0, 0.1) is 0 Å². The lowest BCUT2D eigenvalue weighted by atomic mass is 9.85. The molecule has 11 rings (SSSR count). The first-order valence-corrected chi connectivity index (χ1v) is 17.4. The quantitative estimate of drug-likeness (QED) is 0.192. The lowest BCUT2D eigenvalue weighted by Crippen LogP contribution is -2.31. The Morgan fingerprint density at radius 2 is 0.900 bits per heavy atom. The van der Waals surface area contributed by atoms with Crippen LogP contribution >= 0.6 is 0 Å². The van der Waals surface area contributed by atoms with Crippen LogP contribution in [0.1, 0.15) is 12.8 Å². The van der Waals surface area contributed by atoms with E-state index in [0.717, 1.165) is 73.1 Å². The fourth-order valence-corrected chi connectivity index (χ4v) is 8.49. The van der Waals surface area contributed by atoms with Crippen molar-refractivity contribution in [2.45, 2.75) is 12.8 Å². The average Bonchev–Trinajstić information content (AvgIpc) is 3.77. The summed E-state index contributed by atoms with van der Waals surface area (Å²) in [5.74, 6) is 0. The Balaban J connectivity index is 1.27. The van der Waals surface area contributed by atoms with Gasteiger partial charge in [-0.3, -0.25) is 0 Å². The van der Waals surface area contributed by atoms with Gasteiger partial charge in [-0.15, -0.1) is 0 Å². The summed E-state index contributed by atoms with van der Waals surface area (Å²) < 4.78 is 13.5. The second kappa shape index (κ2) is 10.6. The third-order valence-electron chi connectivity index (χ3n) is 10.7. The molecule has 1 aliphatic rings. The summed E-state index contributed by atoms with van der Waals surface area (Å²) in [6.07, 6.45) is 6.89. The minimum absolute atomic E-state index is 0.893. The van der Waals surface area contributed by atoms with Crippen molar-refractivity contribution in [3.8, 4) is 33.4 Å². The second-order valence-electron chi connectivity index (χ2n) is 13.4. The van der Waals surface area contributed by atoms with Crippen molar-refractivity contribution >= 4 is 77.6 Å². The van der Waals surface area contributed by atoms with Gasteiger partial charge in [0.05, 0.1) is 0 Å². The van der Waals surface area contributed by atoms with E-state index in [1.54, 1.807) is 0 Å². The fraction of sp³-hybridized carbons (Fsp3) is 0.0417. The normalized spacial score (nSPS) is 13.0. The van der Waals surface area contributed by atoms with E-state index < -0.39 is 0 Å². The molecule has 8 aromatic carbocycles. The summed E-state index contributed by atoms with van der Waals surface area (Å²) >= 11 is 0. The number of benzene rings is 8. The molecular formula is C48H30O2. The van der Waals surface area contributed by atoms with Gasteiger partial charge in [-0.25, -0.2) is 0 Å². The molecule has 0 bridgehead atoms. The second-order valence-corrected chi connectivity index (χ2v) is 13.4. The molecule has 0 saturated carbocycles. The highest BCUT2D eigenvalue weighted by molar-refractivity contribution is 6.28. The van der Waals surface area contributed by atoms with E-state index in [1.165, 1.54) is 49.0 Å². The largest absolute Gasteiger partial charge is 0.455 e. The zero-order valence-corrected chi connectivity index (χ0v) is 27.2.